The number of carboxylic acids is 1. The molecule has 0 bridgehead atoms. The maximum absolute atomic E-state index is 15.2. The summed E-state index contributed by atoms with van der Waals surface area (Å²) in [5.74, 6) is -1.69. The fraction of sp³-hybridized carbons (Fsp3) is 0.136. The molecule has 0 spiro atoms. The third-order valence-electron chi connectivity index (χ3n) is 4.76. The molecule has 2 heterocycles. The topological polar surface area (TPSA) is 83.8 Å². The van der Waals surface area contributed by atoms with Gasteiger partial charge in [0.2, 0.25) is 0 Å². The van der Waals surface area contributed by atoms with Gasteiger partial charge in [-0.05, 0) is 44.2 Å². The number of hydrogen-bond donors (Lipinski definition) is 1. The van der Waals surface area contributed by atoms with Gasteiger partial charge in [-0.2, -0.15) is 10.4 Å². The molecule has 4 rings (SSSR count). The molecule has 0 unspecified atom stereocenters. The molecule has 2 aromatic heterocycles. The number of fused-ring (bicyclic) bond motifs is 1. The minimum absolute atomic E-state index is 0.0589. The summed E-state index contributed by atoms with van der Waals surface area (Å²) in [7, 11) is 0. The van der Waals surface area contributed by atoms with Crippen molar-refractivity contribution in [3.05, 3.63) is 70.9 Å². The Kier molecular flexibility index (Phi) is 5.48. The number of nitriles is 1. The monoisotopic (exact) mass is 454 g/mol. The van der Waals surface area contributed by atoms with Gasteiger partial charge in [0, 0.05) is 22.5 Å². The van der Waals surface area contributed by atoms with Crippen molar-refractivity contribution in [1.82, 2.24) is 14.3 Å². The SMILES string of the molecule is CC(C)n1cc(-n2c(C#N)c(Sc3cccc(C(=O)O)c3)c3ccc(Cl)c(F)c32)cn1. The van der Waals surface area contributed by atoms with E-state index >= 15 is 4.39 Å². The Balaban J connectivity index is 1.98. The number of nitrogens with zero attached hydrogens (tertiary/aromatic N) is 4. The molecule has 0 fully saturated rings. The van der Waals surface area contributed by atoms with Gasteiger partial charge in [0.25, 0.3) is 0 Å². The van der Waals surface area contributed by atoms with Crippen molar-refractivity contribution in [2.24, 2.45) is 0 Å². The third-order valence-corrected chi connectivity index (χ3v) is 6.16. The second-order valence-corrected chi connectivity index (χ2v) is 8.58. The Hall–Kier alpha value is -3.28. The van der Waals surface area contributed by atoms with Gasteiger partial charge in [-0.3, -0.25) is 9.25 Å². The first-order valence-corrected chi connectivity index (χ1v) is 10.5. The molecule has 6 nitrogen and oxygen atoms in total. The number of aromatic carboxylic acids is 1. The van der Waals surface area contributed by atoms with Crippen LogP contribution in [0, 0.1) is 17.1 Å². The predicted octanol–water partition coefficient (Wildman–Crippen LogP) is 5.92. The van der Waals surface area contributed by atoms with E-state index in [-0.39, 0.29) is 27.8 Å². The first-order chi connectivity index (χ1) is 14.8. The highest BCUT2D eigenvalue weighted by molar-refractivity contribution is 7.99. The van der Waals surface area contributed by atoms with E-state index in [0.717, 1.165) is 0 Å². The van der Waals surface area contributed by atoms with E-state index < -0.39 is 11.8 Å². The lowest BCUT2D eigenvalue weighted by atomic mass is 10.2. The first kappa shape index (κ1) is 21.0. The summed E-state index contributed by atoms with van der Waals surface area (Å²) < 4.78 is 18.4. The summed E-state index contributed by atoms with van der Waals surface area (Å²) in [6.07, 6.45) is 3.31. The molecular weight excluding hydrogens is 439 g/mol. The Bertz CT molecular complexity index is 1370. The van der Waals surface area contributed by atoms with E-state index in [0.29, 0.717) is 20.9 Å². The van der Waals surface area contributed by atoms with Gasteiger partial charge in [0.15, 0.2) is 5.82 Å². The molecule has 0 radical (unpaired) electrons. The molecule has 0 aliphatic heterocycles. The normalized spacial score (nSPS) is 11.2. The largest absolute Gasteiger partial charge is 0.478 e. The second-order valence-electron chi connectivity index (χ2n) is 7.09. The Morgan fingerprint density at radius 1 is 1.32 bits per heavy atom. The molecule has 0 saturated heterocycles. The van der Waals surface area contributed by atoms with Crippen molar-refractivity contribution < 1.29 is 14.3 Å². The summed E-state index contributed by atoms with van der Waals surface area (Å²) in [6, 6.07) is 11.7. The Morgan fingerprint density at radius 2 is 2.10 bits per heavy atom. The maximum Gasteiger partial charge on any atom is 0.335 e. The molecule has 9 heteroatoms. The molecule has 0 aliphatic carbocycles. The van der Waals surface area contributed by atoms with Crippen LogP contribution < -0.4 is 0 Å². The van der Waals surface area contributed by atoms with Gasteiger partial charge in [0.1, 0.15) is 11.8 Å². The molecule has 4 aromatic rings. The molecule has 1 N–H and O–H groups in total. The van der Waals surface area contributed by atoms with Crippen LogP contribution in [0.5, 0.6) is 0 Å². The minimum Gasteiger partial charge on any atom is -0.478 e. The lowest BCUT2D eigenvalue weighted by Gasteiger charge is -2.06. The first-order valence-electron chi connectivity index (χ1n) is 9.30. The fourth-order valence-electron chi connectivity index (χ4n) is 3.28. The van der Waals surface area contributed by atoms with Gasteiger partial charge < -0.3 is 5.11 Å². The summed E-state index contributed by atoms with van der Waals surface area (Å²) in [4.78, 5) is 12.5. The van der Waals surface area contributed by atoms with Crippen LogP contribution in [0.1, 0.15) is 35.9 Å². The van der Waals surface area contributed by atoms with Crippen molar-refractivity contribution in [2.45, 2.75) is 29.7 Å². The van der Waals surface area contributed by atoms with Crippen LogP contribution in [0.2, 0.25) is 5.02 Å². The van der Waals surface area contributed by atoms with Gasteiger partial charge in [-0.25, -0.2) is 9.18 Å². The molecule has 0 saturated carbocycles. The number of halogens is 2. The quantitative estimate of drug-likeness (QED) is 0.404. The maximum atomic E-state index is 15.2. The molecule has 0 aliphatic rings. The van der Waals surface area contributed by atoms with Crippen LogP contribution in [0.4, 0.5) is 4.39 Å². The average Bonchev–Trinajstić information content (AvgIpc) is 3.34. The van der Waals surface area contributed by atoms with Crippen molar-refractivity contribution >= 4 is 40.2 Å². The van der Waals surface area contributed by atoms with E-state index in [4.69, 9.17) is 11.6 Å². The van der Waals surface area contributed by atoms with Gasteiger partial charge in [-0.15, -0.1) is 0 Å². The number of benzene rings is 2. The number of hydrogen-bond acceptors (Lipinski definition) is 4. The van der Waals surface area contributed by atoms with Crippen molar-refractivity contribution in [1.29, 1.82) is 5.26 Å². The zero-order chi connectivity index (χ0) is 22.3. The lowest BCUT2D eigenvalue weighted by Crippen LogP contribution is -2.01. The number of carboxylic acid groups (broad SMARTS) is 1. The fourth-order valence-corrected chi connectivity index (χ4v) is 4.51. The standard InChI is InChI=1S/C22H16ClFN4O2S/c1-12(2)27-11-14(10-26-27)28-18(9-25)21(16-6-7-17(23)19(24)20(16)28)31-15-5-3-4-13(8-15)22(29)30/h3-8,10-12H,1-2H3,(H,29,30). The molecule has 0 amide bonds. The summed E-state index contributed by atoms with van der Waals surface area (Å²) in [5, 5.41) is 24.0. The van der Waals surface area contributed by atoms with E-state index in [9.17, 15) is 15.2 Å². The van der Waals surface area contributed by atoms with E-state index in [1.165, 1.54) is 34.5 Å². The summed E-state index contributed by atoms with van der Waals surface area (Å²) in [6.45, 7) is 3.92. The smallest absolute Gasteiger partial charge is 0.335 e. The third kappa shape index (κ3) is 3.67. The van der Waals surface area contributed by atoms with Crippen LogP contribution >= 0.6 is 23.4 Å². The highest BCUT2D eigenvalue weighted by Crippen LogP contribution is 2.42. The minimum atomic E-state index is -1.05. The molecular formula is C22H16ClFN4O2S. The highest BCUT2D eigenvalue weighted by atomic mass is 35.5. The molecule has 156 valence electrons. The lowest BCUT2D eigenvalue weighted by molar-refractivity contribution is 0.0696. The van der Waals surface area contributed by atoms with Gasteiger partial charge in [0.05, 0.1) is 32.9 Å². The van der Waals surface area contributed by atoms with Gasteiger partial charge >= 0.3 is 5.97 Å². The van der Waals surface area contributed by atoms with Crippen LogP contribution in [0.3, 0.4) is 0 Å². The molecule has 2 aromatic carbocycles. The van der Waals surface area contributed by atoms with Crippen LogP contribution in [-0.4, -0.2) is 25.4 Å². The highest BCUT2D eigenvalue weighted by Gasteiger charge is 2.24. The number of rotatable bonds is 5. The van der Waals surface area contributed by atoms with Gasteiger partial charge in [-0.1, -0.05) is 29.4 Å². The Labute approximate surface area is 186 Å². The van der Waals surface area contributed by atoms with Crippen LogP contribution in [-0.2, 0) is 0 Å². The summed E-state index contributed by atoms with van der Waals surface area (Å²) in [5.41, 5.74) is 1.04. The number of carbonyl (C=O) groups is 1. The Morgan fingerprint density at radius 3 is 2.74 bits per heavy atom. The van der Waals surface area contributed by atoms with Crippen molar-refractivity contribution in [3.63, 3.8) is 0 Å². The van der Waals surface area contributed by atoms with Crippen LogP contribution in [0.15, 0.2) is 58.6 Å². The number of aromatic nitrogens is 3. The zero-order valence-electron chi connectivity index (χ0n) is 16.5. The second kappa shape index (κ2) is 8.10. The van der Waals surface area contributed by atoms with E-state index in [1.54, 1.807) is 35.3 Å². The summed E-state index contributed by atoms with van der Waals surface area (Å²) >= 11 is 7.26. The molecule has 0 atom stereocenters. The van der Waals surface area contributed by atoms with E-state index in [2.05, 4.69) is 11.2 Å². The predicted molar refractivity (Wildman–Crippen MR) is 117 cm³/mol. The van der Waals surface area contributed by atoms with Crippen LogP contribution in [0.25, 0.3) is 16.6 Å². The van der Waals surface area contributed by atoms with E-state index in [1.807, 2.05) is 13.8 Å². The van der Waals surface area contributed by atoms with Crippen molar-refractivity contribution in [3.8, 4) is 11.8 Å². The molecule has 31 heavy (non-hydrogen) atoms. The zero-order valence-corrected chi connectivity index (χ0v) is 18.1. The van der Waals surface area contributed by atoms with Crippen molar-refractivity contribution in [2.75, 3.05) is 0 Å². The average molecular weight is 455 g/mol.